The summed E-state index contributed by atoms with van der Waals surface area (Å²) in [4.78, 5) is 24.0. The predicted molar refractivity (Wildman–Crippen MR) is 120 cm³/mol. The lowest BCUT2D eigenvalue weighted by Crippen LogP contribution is -2.28. The summed E-state index contributed by atoms with van der Waals surface area (Å²) >= 11 is 11.0. The zero-order valence-corrected chi connectivity index (χ0v) is 17.6. The van der Waals surface area contributed by atoms with E-state index < -0.39 is 0 Å². The van der Waals surface area contributed by atoms with Crippen molar-refractivity contribution in [1.29, 1.82) is 0 Å². The summed E-state index contributed by atoms with van der Waals surface area (Å²) in [6.07, 6.45) is 5.03. The maximum Gasteiger partial charge on any atom is 0.271 e. The molecule has 4 nitrogen and oxygen atoms in total. The van der Waals surface area contributed by atoms with Crippen molar-refractivity contribution in [3.63, 3.8) is 0 Å². The van der Waals surface area contributed by atoms with Crippen LogP contribution in [0, 0.1) is 0 Å². The summed E-state index contributed by atoms with van der Waals surface area (Å²) in [5.74, 6) is -0.122. The van der Waals surface area contributed by atoms with Gasteiger partial charge in [0.25, 0.3) is 5.91 Å². The van der Waals surface area contributed by atoms with Crippen LogP contribution in [0.25, 0.3) is 6.08 Å². The van der Waals surface area contributed by atoms with Gasteiger partial charge in [0.15, 0.2) is 5.17 Å². The Morgan fingerprint density at radius 3 is 2.54 bits per heavy atom. The molecule has 1 fully saturated rings. The second-order valence-corrected chi connectivity index (χ2v) is 8.19. The van der Waals surface area contributed by atoms with Gasteiger partial charge >= 0.3 is 0 Å². The molecule has 0 atom stereocenters. The Hall–Kier alpha value is -2.41. The van der Waals surface area contributed by atoms with Gasteiger partial charge in [0, 0.05) is 16.9 Å². The Balaban J connectivity index is 1.78. The van der Waals surface area contributed by atoms with E-state index >= 15 is 0 Å². The smallest absolute Gasteiger partial charge is 0.268 e. The minimum absolute atomic E-state index is 0.122. The van der Waals surface area contributed by atoms with Gasteiger partial charge in [-0.3, -0.25) is 14.7 Å². The van der Waals surface area contributed by atoms with Crippen LogP contribution in [0.4, 0.5) is 11.4 Å². The van der Waals surface area contributed by atoms with Crippen molar-refractivity contribution in [1.82, 2.24) is 4.98 Å². The number of aromatic nitrogens is 1. The Bertz CT molecular complexity index is 1080. The molecule has 0 radical (unpaired) electrons. The number of thioether (sulfide) groups is 1. The molecule has 0 aliphatic carbocycles. The fraction of sp³-hybridized carbons (Fsp3) is 0. The maximum atomic E-state index is 13.2. The second kappa shape index (κ2) is 8.31. The first kappa shape index (κ1) is 18.9. The third-order valence-electron chi connectivity index (χ3n) is 3.96. The fourth-order valence-corrected chi connectivity index (χ4v) is 4.05. The van der Waals surface area contributed by atoms with Gasteiger partial charge in [-0.25, -0.2) is 4.99 Å². The van der Waals surface area contributed by atoms with Crippen molar-refractivity contribution in [2.45, 2.75) is 0 Å². The van der Waals surface area contributed by atoms with Crippen LogP contribution in [0.1, 0.15) is 5.56 Å². The van der Waals surface area contributed by atoms with Gasteiger partial charge in [-0.2, -0.15) is 0 Å². The molecule has 1 aliphatic rings. The van der Waals surface area contributed by atoms with Gasteiger partial charge in [-0.15, -0.1) is 0 Å². The van der Waals surface area contributed by atoms with E-state index in [1.807, 2.05) is 60.7 Å². The molecule has 0 N–H and O–H groups in total. The van der Waals surface area contributed by atoms with Gasteiger partial charge in [-0.05, 0) is 53.7 Å². The number of aliphatic imine (C=N–C) groups is 1. The molecule has 2 heterocycles. The van der Waals surface area contributed by atoms with Crippen LogP contribution in [-0.4, -0.2) is 16.1 Å². The number of hydrogen-bond donors (Lipinski definition) is 0. The van der Waals surface area contributed by atoms with E-state index in [0.29, 0.717) is 20.8 Å². The van der Waals surface area contributed by atoms with Gasteiger partial charge in [-0.1, -0.05) is 57.9 Å². The number of rotatable bonds is 3. The van der Waals surface area contributed by atoms with Crippen molar-refractivity contribution in [3.05, 3.63) is 93.0 Å². The Kier molecular flexibility index (Phi) is 5.62. The molecule has 2 aromatic carbocycles. The highest BCUT2D eigenvalue weighted by molar-refractivity contribution is 9.10. The average molecular weight is 471 g/mol. The quantitative estimate of drug-likeness (QED) is 0.422. The summed E-state index contributed by atoms with van der Waals surface area (Å²) in [6.45, 7) is 0. The van der Waals surface area contributed by atoms with Crippen molar-refractivity contribution in [2.24, 2.45) is 4.99 Å². The SMILES string of the molecule is O=C1/C(=C/c2ccc(Br)cc2)SC(=Nc2ccncc2Cl)N1c1ccccc1. The summed E-state index contributed by atoms with van der Waals surface area (Å²) in [5.41, 5.74) is 2.26. The number of halogens is 2. The average Bonchev–Trinajstić information content (AvgIpc) is 3.01. The number of anilines is 1. The molecule has 1 amide bonds. The number of para-hydroxylation sites is 1. The number of pyridine rings is 1. The third kappa shape index (κ3) is 4.04. The molecule has 7 heteroatoms. The lowest BCUT2D eigenvalue weighted by molar-refractivity contribution is -0.113. The van der Waals surface area contributed by atoms with Crippen molar-refractivity contribution < 1.29 is 4.79 Å². The number of nitrogens with zero attached hydrogens (tertiary/aromatic N) is 3. The number of amidine groups is 1. The highest BCUT2D eigenvalue weighted by Gasteiger charge is 2.34. The summed E-state index contributed by atoms with van der Waals surface area (Å²) in [5, 5.41) is 0.981. The zero-order chi connectivity index (χ0) is 19.5. The van der Waals surface area contributed by atoms with Crippen LogP contribution in [0.15, 0.2) is 87.4 Å². The lowest BCUT2D eigenvalue weighted by Gasteiger charge is -2.15. The molecular weight excluding hydrogens is 458 g/mol. The minimum Gasteiger partial charge on any atom is -0.268 e. The van der Waals surface area contributed by atoms with E-state index in [4.69, 9.17) is 11.6 Å². The second-order valence-electron chi connectivity index (χ2n) is 5.86. The largest absolute Gasteiger partial charge is 0.271 e. The third-order valence-corrected chi connectivity index (χ3v) is 5.74. The molecule has 4 rings (SSSR count). The normalized spacial score (nSPS) is 16.9. The standard InChI is InChI=1S/C21H13BrClN3OS/c22-15-8-6-14(7-9-15)12-19-20(27)26(16-4-2-1-3-5-16)21(28-19)25-18-10-11-24-13-17(18)23/h1-13H/b19-12-,25-21?. The van der Waals surface area contributed by atoms with Crippen LogP contribution >= 0.6 is 39.3 Å². The first-order chi connectivity index (χ1) is 13.6. The molecule has 0 bridgehead atoms. The van der Waals surface area contributed by atoms with E-state index in [-0.39, 0.29) is 5.91 Å². The summed E-state index contributed by atoms with van der Waals surface area (Å²) in [6, 6.07) is 19.0. The van der Waals surface area contributed by atoms with Crippen LogP contribution in [-0.2, 0) is 4.79 Å². The highest BCUT2D eigenvalue weighted by Crippen LogP contribution is 2.38. The van der Waals surface area contributed by atoms with Crippen molar-refractivity contribution >= 4 is 67.8 Å². The molecule has 0 saturated carbocycles. The van der Waals surface area contributed by atoms with Gasteiger partial charge in [0.05, 0.1) is 21.3 Å². The topological polar surface area (TPSA) is 45.6 Å². The van der Waals surface area contributed by atoms with Crippen LogP contribution in [0.2, 0.25) is 5.02 Å². The Morgan fingerprint density at radius 2 is 1.82 bits per heavy atom. The molecule has 138 valence electrons. The molecule has 0 spiro atoms. The van der Waals surface area contributed by atoms with Crippen molar-refractivity contribution in [3.8, 4) is 0 Å². The number of benzene rings is 2. The Labute approximate surface area is 180 Å². The minimum atomic E-state index is -0.122. The summed E-state index contributed by atoms with van der Waals surface area (Å²) < 4.78 is 0.987. The monoisotopic (exact) mass is 469 g/mol. The fourth-order valence-electron chi connectivity index (χ4n) is 2.63. The molecule has 28 heavy (non-hydrogen) atoms. The highest BCUT2D eigenvalue weighted by atomic mass is 79.9. The first-order valence-corrected chi connectivity index (χ1v) is 10.3. The molecule has 1 saturated heterocycles. The molecule has 0 unspecified atom stereocenters. The molecular formula is C21H13BrClN3OS. The van der Waals surface area contributed by atoms with Gasteiger partial charge < -0.3 is 0 Å². The van der Waals surface area contributed by atoms with E-state index in [2.05, 4.69) is 25.9 Å². The number of hydrogen-bond acceptors (Lipinski definition) is 4. The van der Waals surface area contributed by atoms with Gasteiger partial charge in [0.1, 0.15) is 0 Å². The zero-order valence-electron chi connectivity index (χ0n) is 14.4. The number of carbonyl (C=O) groups excluding carboxylic acids is 1. The van der Waals surface area contributed by atoms with E-state index in [9.17, 15) is 4.79 Å². The maximum absolute atomic E-state index is 13.2. The lowest BCUT2D eigenvalue weighted by atomic mass is 10.2. The van der Waals surface area contributed by atoms with Crippen molar-refractivity contribution in [2.75, 3.05) is 4.90 Å². The Morgan fingerprint density at radius 1 is 1.07 bits per heavy atom. The van der Waals surface area contributed by atoms with E-state index in [1.54, 1.807) is 17.2 Å². The van der Waals surface area contributed by atoms with Crippen LogP contribution in [0.3, 0.4) is 0 Å². The molecule has 1 aliphatic heterocycles. The number of carbonyl (C=O) groups is 1. The molecule has 3 aromatic rings. The van der Waals surface area contributed by atoms with Crippen LogP contribution < -0.4 is 4.90 Å². The van der Waals surface area contributed by atoms with Gasteiger partial charge in [0.2, 0.25) is 0 Å². The predicted octanol–water partition coefficient (Wildman–Crippen LogP) is 6.31. The van der Waals surface area contributed by atoms with E-state index in [1.165, 1.54) is 18.0 Å². The summed E-state index contributed by atoms with van der Waals surface area (Å²) in [7, 11) is 0. The molecule has 1 aromatic heterocycles. The first-order valence-electron chi connectivity index (χ1n) is 8.34. The van der Waals surface area contributed by atoms with E-state index in [0.717, 1.165) is 15.7 Å². The van der Waals surface area contributed by atoms with Crippen LogP contribution in [0.5, 0.6) is 0 Å². The number of amides is 1.